The smallest absolute Gasteiger partial charge is 0.250 e. The molecular formula is C20H22ClN3O4. The van der Waals surface area contributed by atoms with Gasteiger partial charge in [0.2, 0.25) is 5.91 Å². The summed E-state index contributed by atoms with van der Waals surface area (Å²) in [6.07, 6.45) is 4.28. The summed E-state index contributed by atoms with van der Waals surface area (Å²) >= 11 is 6.30. The average Bonchev–Trinajstić information content (AvgIpc) is 2.72. The topological polar surface area (TPSA) is 86.9 Å². The molecule has 2 N–H and O–H groups in total. The van der Waals surface area contributed by atoms with Gasteiger partial charge in [-0.3, -0.25) is 4.79 Å². The number of anilines is 1. The van der Waals surface area contributed by atoms with Gasteiger partial charge in [0, 0.05) is 31.4 Å². The molecule has 7 nitrogen and oxygen atoms in total. The number of halogens is 1. The van der Waals surface area contributed by atoms with Gasteiger partial charge in [0.05, 0.1) is 37.5 Å². The van der Waals surface area contributed by atoms with E-state index in [-0.39, 0.29) is 5.56 Å². The summed E-state index contributed by atoms with van der Waals surface area (Å²) in [6.45, 7) is 1.31. The molecule has 2 heterocycles. The minimum Gasteiger partial charge on any atom is -0.496 e. The van der Waals surface area contributed by atoms with Crippen molar-refractivity contribution in [1.29, 1.82) is 0 Å². The Bertz CT molecular complexity index is 905. The second-order valence-electron chi connectivity index (χ2n) is 6.23. The quantitative estimate of drug-likeness (QED) is 0.797. The summed E-state index contributed by atoms with van der Waals surface area (Å²) in [4.78, 5) is 17.6. The SMILES string of the molecule is COc1cc(OC)c(C2=CCN(c3ncc(C(N)=O)cc3Cl)CC2)c(OC)c1. The molecule has 0 saturated heterocycles. The number of primary amides is 1. The number of aromatic nitrogens is 1. The lowest BCUT2D eigenvalue weighted by Gasteiger charge is -2.29. The summed E-state index contributed by atoms with van der Waals surface area (Å²) < 4.78 is 16.4. The minimum atomic E-state index is -0.555. The lowest BCUT2D eigenvalue weighted by Crippen LogP contribution is -2.29. The molecule has 0 fully saturated rings. The van der Waals surface area contributed by atoms with Gasteiger partial charge in [0.25, 0.3) is 0 Å². The number of ether oxygens (including phenoxy) is 3. The zero-order valence-electron chi connectivity index (χ0n) is 16.0. The maximum absolute atomic E-state index is 11.3. The van der Waals surface area contributed by atoms with Crippen LogP contribution in [0.1, 0.15) is 22.3 Å². The summed E-state index contributed by atoms with van der Waals surface area (Å²) in [6, 6.07) is 5.22. The predicted molar refractivity (Wildman–Crippen MR) is 109 cm³/mol. The number of methoxy groups -OCH3 is 3. The zero-order valence-corrected chi connectivity index (χ0v) is 16.7. The molecule has 1 amide bonds. The van der Waals surface area contributed by atoms with Crippen LogP contribution in [-0.4, -0.2) is 45.3 Å². The highest BCUT2D eigenvalue weighted by molar-refractivity contribution is 6.33. The summed E-state index contributed by atoms with van der Waals surface area (Å²) in [5.41, 5.74) is 7.58. The molecule has 28 heavy (non-hydrogen) atoms. The highest BCUT2D eigenvalue weighted by atomic mass is 35.5. The predicted octanol–water partition coefficient (Wildman–Crippen LogP) is 3.15. The van der Waals surface area contributed by atoms with E-state index in [1.807, 2.05) is 17.0 Å². The van der Waals surface area contributed by atoms with E-state index < -0.39 is 5.91 Å². The first-order valence-corrected chi connectivity index (χ1v) is 9.06. The first kappa shape index (κ1) is 19.8. The Kier molecular flexibility index (Phi) is 5.94. The van der Waals surface area contributed by atoms with E-state index in [0.717, 1.165) is 17.6 Å². The van der Waals surface area contributed by atoms with E-state index >= 15 is 0 Å². The van der Waals surface area contributed by atoms with Gasteiger partial charge in [-0.2, -0.15) is 0 Å². The second-order valence-corrected chi connectivity index (χ2v) is 6.63. The largest absolute Gasteiger partial charge is 0.496 e. The Balaban J connectivity index is 1.89. The Morgan fingerprint density at radius 3 is 2.29 bits per heavy atom. The fourth-order valence-electron chi connectivity index (χ4n) is 3.21. The van der Waals surface area contributed by atoms with Crippen molar-refractivity contribution in [1.82, 2.24) is 4.98 Å². The van der Waals surface area contributed by atoms with Crippen molar-refractivity contribution in [2.45, 2.75) is 6.42 Å². The van der Waals surface area contributed by atoms with Crippen LogP contribution in [0.25, 0.3) is 5.57 Å². The number of hydrogen-bond acceptors (Lipinski definition) is 6. The maximum atomic E-state index is 11.3. The molecule has 148 valence electrons. The Morgan fingerprint density at radius 2 is 1.82 bits per heavy atom. The van der Waals surface area contributed by atoms with E-state index in [2.05, 4.69) is 11.1 Å². The molecule has 2 aromatic rings. The first-order valence-electron chi connectivity index (χ1n) is 8.68. The summed E-state index contributed by atoms with van der Waals surface area (Å²) in [5.74, 6) is 2.12. The molecule has 3 rings (SSSR count). The van der Waals surface area contributed by atoms with Crippen LogP contribution in [0.3, 0.4) is 0 Å². The lowest BCUT2D eigenvalue weighted by molar-refractivity contribution is 0.1000. The van der Waals surface area contributed by atoms with E-state index in [1.54, 1.807) is 27.4 Å². The minimum absolute atomic E-state index is 0.287. The van der Waals surface area contributed by atoms with Gasteiger partial charge in [-0.1, -0.05) is 17.7 Å². The average molecular weight is 404 g/mol. The van der Waals surface area contributed by atoms with Gasteiger partial charge in [-0.15, -0.1) is 0 Å². The van der Waals surface area contributed by atoms with Gasteiger partial charge < -0.3 is 24.8 Å². The molecule has 0 saturated carbocycles. The third kappa shape index (κ3) is 3.84. The molecule has 0 atom stereocenters. The lowest BCUT2D eigenvalue weighted by atomic mass is 9.97. The monoisotopic (exact) mass is 403 g/mol. The number of carbonyl (C=O) groups excluding carboxylic acids is 1. The van der Waals surface area contributed by atoms with E-state index in [9.17, 15) is 4.79 Å². The van der Waals surface area contributed by atoms with Gasteiger partial charge >= 0.3 is 0 Å². The fourth-order valence-corrected chi connectivity index (χ4v) is 3.49. The number of pyridine rings is 1. The van der Waals surface area contributed by atoms with E-state index in [4.69, 9.17) is 31.5 Å². The van der Waals surface area contributed by atoms with Crippen molar-refractivity contribution < 1.29 is 19.0 Å². The number of benzene rings is 1. The zero-order chi connectivity index (χ0) is 20.3. The van der Waals surface area contributed by atoms with E-state index in [1.165, 1.54) is 6.20 Å². The van der Waals surface area contributed by atoms with Crippen LogP contribution in [0, 0.1) is 0 Å². The van der Waals surface area contributed by atoms with Gasteiger partial charge in [-0.25, -0.2) is 4.98 Å². The Labute approximate surface area is 168 Å². The molecule has 0 radical (unpaired) electrons. The number of carbonyl (C=O) groups is 1. The number of amides is 1. The Hall–Kier alpha value is -2.93. The molecule has 1 aromatic carbocycles. The van der Waals surface area contributed by atoms with Crippen molar-refractivity contribution in [2.75, 3.05) is 39.3 Å². The Morgan fingerprint density at radius 1 is 1.14 bits per heavy atom. The molecule has 0 bridgehead atoms. The summed E-state index contributed by atoms with van der Waals surface area (Å²) in [5, 5.41) is 0.396. The van der Waals surface area contributed by atoms with Crippen LogP contribution in [0.2, 0.25) is 5.02 Å². The maximum Gasteiger partial charge on any atom is 0.250 e. The highest BCUT2D eigenvalue weighted by Crippen LogP contribution is 2.41. The molecule has 1 aliphatic rings. The molecule has 8 heteroatoms. The normalized spacial score (nSPS) is 13.7. The van der Waals surface area contributed by atoms with Crippen LogP contribution in [0.5, 0.6) is 17.2 Å². The van der Waals surface area contributed by atoms with Crippen molar-refractivity contribution in [2.24, 2.45) is 5.73 Å². The van der Waals surface area contributed by atoms with Crippen molar-refractivity contribution in [3.8, 4) is 17.2 Å². The number of nitrogens with zero attached hydrogens (tertiary/aromatic N) is 2. The third-order valence-corrected chi connectivity index (χ3v) is 4.93. The molecule has 1 aliphatic heterocycles. The van der Waals surface area contributed by atoms with Crippen LogP contribution in [0.4, 0.5) is 5.82 Å². The van der Waals surface area contributed by atoms with Crippen molar-refractivity contribution in [3.05, 3.63) is 46.6 Å². The number of hydrogen-bond donors (Lipinski definition) is 1. The van der Waals surface area contributed by atoms with Crippen LogP contribution >= 0.6 is 11.6 Å². The number of rotatable bonds is 6. The molecular weight excluding hydrogens is 382 g/mol. The van der Waals surface area contributed by atoms with Crippen molar-refractivity contribution >= 4 is 28.9 Å². The molecule has 0 spiro atoms. The highest BCUT2D eigenvalue weighted by Gasteiger charge is 2.22. The molecule has 0 unspecified atom stereocenters. The number of nitrogens with two attached hydrogens (primary N) is 1. The van der Waals surface area contributed by atoms with Crippen LogP contribution in [0.15, 0.2) is 30.5 Å². The van der Waals surface area contributed by atoms with Crippen LogP contribution in [-0.2, 0) is 0 Å². The van der Waals surface area contributed by atoms with Gasteiger partial charge in [0.15, 0.2) is 0 Å². The van der Waals surface area contributed by atoms with Crippen molar-refractivity contribution in [3.63, 3.8) is 0 Å². The second kappa shape index (κ2) is 8.39. The van der Waals surface area contributed by atoms with Gasteiger partial charge in [-0.05, 0) is 18.1 Å². The summed E-state index contributed by atoms with van der Waals surface area (Å²) in [7, 11) is 4.85. The standard InChI is InChI=1S/C20H22ClN3O4/c1-26-14-9-16(27-2)18(17(10-14)28-3)12-4-6-24(7-5-12)20-15(21)8-13(11-23-20)19(22)25/h4,8-11H,5-7H2,1-3H3,(H2,22,25). The van der Waals surface area contributed by atoms with E-state index in [0.29, 0.717) is 41.2 Å². The van der Waals surface area contributed by atoms with Gasteiger partial charge in [0.1, 0.15) is 23.1 Å². The molecule has 1 aromatic heterocycles. The fraction of sp³-hybridized carbons (Fsp3) is 0.300. The first-order chi connectivity index (χ1) is 13.5. The molecule has 0 aliphatic carbocycles. The third-order valence-electron chi connectivity index (χ3n) is 4.65. The van der Waals surface area contributed by atoms with Crippen LogP contribution < -0.4 is 24.8 Å².